The Balaban J connectivity index is 1.97. The Kier molecular flexibility index (Phi) is 6.91. The zero-order valence-electron chi connectivity index (χ0n) is 13.7. The Bertz CT molecular complexity index is 687. The van der Waals surface area contributed by atoms with E-state index in [1.807, 2.05) is 43.1 Å². The second kappa shape index (κ2) is 8.92. The van der Waals surface area contributed by atoms with Crippen LogP contribution in [0.2, 0.25) is 10.0 Å². The Morgan fingerprint density at radius 1 is 1.12 bits per heavy atom. The summed E-state index contributed by atoms with van der Waals surface area (Å²) in [4.78, 5) is 14.1. The van der Waals surface area contributed by atoms with E-state index in [0.29, 0.717) is 28.9 Å². The number of benzene rings is 2. The molecule has 0 fully saturated rings. The lowest BCUT2D eigenvalue weighted by molar-refractivity contribution is -0.117. The van der Waals surface area contributed by atoms with Gasteiger partial charge in [0.2, 0.25) is 5.91 Å². The first-order chi connectivity index (χ1) is 11.5. The van der Waals surface area contributed by atoms with E-state index in [1.165, 1.54) is 0 Å². The van der Waals surface area contributed by atoms with Crippen LogP contribution in [-0.4, -0.2) is 31.0 Å². The summed E-state index contributed by atoms with van der Waals surface area (Å²) in [5, 5.41) is 3.59. The highest BCUT2D eigenvalue weighted by atomic mass is 35.5. The molecule has 128 valence electrons. The molecule has 2 aromatic carbocycles. The lowest BCUT2D eigenvalue weighted by Crippen LogP contribution is -2.30. The topological polar surface area (TPSA) is 41.6 Å². The van der Waals surface area contributed by atoms with Gasteiger partial charge in [-0.05, 0) is 32.2 Å². The summed E-state index contributed by atoms with van der Waals surface area (Å²) in [6.45, 7) is 3.36. The molecule has 0 bridgehead atoms. The fraction of sp³-hybridized carbons (Fsp3) is 0.278. The molecule has 6 heteroatoms. The van der Waals surface area contributed by atoms with E-state index in [0.717, 1.165) is 11.3 Å². The Morgan fingerprint density at radius 2 is 1.79 bits per heavy atom. The predicted octanol–water partition coefficient (Wildman–Crippen LogP) is 4.46. The van der Waals surface area contributed by atoms with Gasteiger partial charge in [0.25, 0.3) is 0 Å². The number of ether oxygens (including phenoxy) is 1. The van der Waals surface area contributed by atoms with Crippen LogP contribution < -0.4 is 10.1 Å². The fourth-order valence-corrected chi connectivity index (χ4v) is 2.81. The van der Waals surface area contributed by atoms with Crippen molar-refractivity contribution < 1.29 is 9.53 Å². The van der Waals surface area contributed by atoms with E-state index in [9.17, 15) is 4.79 Å². The van der Waals surface area contributed by atoms with Gasteiger partial charge in [-0.1, -0.05) is 47.5 Å². The summed E-state index contributed by atoms with van der Waals surface area (Å²) in [5.41, 5.74) is 1.47. The number of amides is 1. The lowest BCUT2D eigenvalue weighted by atomic mass is 10.2. The van der Waals surface area contributed by atoms with Crippen molar-refractivity contribution in [2.45, 2.75) is 13.5 Å². The highest BCUT2D eigenvalue weighted by molar-refractivity contribution is 6.39. The van der Waals surface area contributed by atoms with Crippen molar-refractivity contribution in [1.29, 1.82) is 0 Å². The van der Waals surface area contributed by atoms with Crippen LogP contribution in [0.25, 0.3) is 0 Å². The number of hydrogen-bond donors (Lipinski definition) is 1. The van der Waals surface area contributed by atoms with Crippen LogP contribution in [0.15, 0.2) is 42.5 Å². The maximum absolute atomic E-state index is 12.2. The van der Waals surface area contributed by atoms with Gasteiger partial charge in [0, 0.05) is 12.1 Å². The van der Waals surface area contributed by atoms with Crippen LogP contribution in [0.1, 0.15) is 12.5 Å². The van der Waals surface area contributed by atoms with E-state index in [1.54, 1.807) is 18.2 Å². The molecular formula is C18H20Cl2N2O2. The summed E-state index contributed by atoms with van der Waals surface area (Å²) < 4.78 is 5.61. The van der Waals surface area contributed by atoms with Crippen molar-refractivity contribution in [3.8, 4) is 5.75 Å². The van der Waals surface area contributed by atoms with Crippen molar-refractivity contribution in [2.75, 3.05) is 25.5 Å². The second-order valence-electron chi connectivity index (χ2n) is 5.36. The summed E-state index contributed by atoms with van der Waals surface area (Å²) >= 11 is 12.1. The second-order valence-corrected chi connectivity index (χ2v) is 6.17. The standard InChI is InChI=1S/C18H20Cl2N2O2/c1-3-24-16-10-5-4-7-13(16)11-22(2)12-17(23)21-18-14(19)8-6-9-15(18)20/h4-10H,3,11-12H2,1-2H3,(H,21,23). The minimum atomic E-state index is -0.179. The van der Waals surface area contributed by atoms with E-state index in [2.05, 4.69) is 5.32 Å². The monoisotopic (exact) mass is 366 g/mol. The Hall–Kier alpha value is -1.75. The molecule has 2 aromatic rings. The maximum Gasteiger partial charge on any atom is 0.238 e. The predicted molar refractivity (Wildman–Crippen MR) is 99.0 cm³/mol. The number of halogens is 2. The highest BCUT2D eigenvalue weighted by Gasteiger charge is 2.13. The van der Waals surface area contributed by atoms with Gasteiger partial charge < -0.3 is 10.1 Å². The third-order valence-corrected chi connectivity index (χ3v) is 3.98. The zero-order chi connectivity index (χ0) is 17.5. The molecule has 0 saturated carbocycles. The van der Waals surface area contributed by atoms with Crippen molar-refractivity contribution in [3.63, 3.8) is 0 Å². The molecular weight excluding hydrogens is 347 g/mol. The van der Waals surface area contributed by atoms with Gasteiger partial charge in [0.15, 0.2) is 0 Å². The molecule has 0 atom stereocenters. The minimum absolute atomic E-state index is 0.179. The molecule has 0 aliphatic rings. The molecule has 0 aliphatic carbocycles. The van der Waals surface area contributed by atoms with Crippen molar-refractivity contribution in [2.24, 2.45) is 0 Å². The first-order valence-electron chi connectivity index (χ1n) is 7.64. The highest BCUT2D eigenvalue weighted by Crippen LogP contribution is 2.29. The van der Waals surface area contributed by atoms with E-state index in [-0.39, 0.29) is 12.5 Å². The average Bonchev–Trinajstić information content (AvgIpc) is 2.53. The summed E-state index contributed by atoms with van der Waals surface area (Å²) in [7, 11) is 1.87. The number of para-hydroxylation sites is 2. The number of hydrogen-bond acceptors (Lipinski definition) is 3. The summed E-state index contributed by atoms with van der Waals surface area (Å²) in [6.07, 6.45) is 0. The third kappa shape index (κ3) is 5.13. The molecule has 0 aromatic heterocycles. The van der Waals surface area contributed by atoms with Gasteiger partial charge in [-0.3, -0.25) is 9.69 Å². The average molecular weight is 367 g/mol. The lowest BCUT2D eigenvalue weighted by Gasteiger charge is -2.19. The number of rotatable bonds is 7. The van der Waals surface area contributed by atoms with Crippen LogP contribution in [-0.2, 0) is 11.3 Å². The zero-order valence-corrected chi connectivity index (χ0v) is 15.2. The number of nitrogens with one attached hydrogen (secondary N) is 1. The third-order valence-electron chi connectivity index (χ3n) is 3.35. The number of carbonyl (C=O) groups is 1. The van der Waals surface area contributed by atoms with Crippen LogP contribution in [0.5, 0.6) is 5.75 Å². The first kappa shape index (κ1) is 18.6. The van der Waals surface area contributed by atoms with E-state index in [4.69, 9.17) is 27.9 Å². The minimum Gasteiger partial charge on any atom is -0.494 e. The molecule has 0 aliphatic heterocycles. The Morgan fingerprint density at radius 3 is 2.46 bits per heavy atom. The van der Waals surface area contributed by atoms with Crippen LogP contribution in [0.3, 0.4) is 0 Å². The molecule has 0 heterocycles. The van der Waals surface area contributed by atoms with Crippen molar-refractivity contribution in [1.82, 2.24) is 4.90 Å². The smallest absolute Gasteiger partial charge is 0.238 e. The SMILES string of the molecule is CCOc1ccccc1CN(C)CC(=O)Nc1c(Cl)cccc1Cl. The van der Waals surface area contributed by atoms with Gasteiger partial charge in [0.1, 0.15) is 5.75 Å². The molecule has 1 amide bonds. The van der Waals surface area contributed by atoms with E-state index >= 15 is 0 Å². The fourth-order valence-electron chi connectivity index (χ4n) is 2.32. The van der Waals surface area contributed by atoms with Gasteiger partial charge in [-0.2, -0.15) is 0 Å². The van der Waals surface area contributed by atoms with E-state index < -0.39 is 0 Å². The molecule has 0 spiro atoms. The molecule has 0 radical (unpaired) electrons. The first-order valence-corrected chi connectivity index (χ1v) is 8.40. The maximum atomic E-state index is 12.2. The number of nitrogens with zero attached hydrogens (tertiary/aromatic N) is 1. The van der Waals surface area contributed by atoms with Gasteiger partial charge in [-0.15, -0.1) is 0 Å². The molecule has 24 heavy (non-hydrogen) atoms. The largest absolute Gasteiger partial charge is 0.494 e. The van der Waals surface area contributed by atoms with Crippen molar-refractivity contribution >= 4 is 34.8 Å². The van der Waals surface area contributed by atoms with Gasteiger partial charge >= 0.3 is 0 Å². The molecule has 0 saturated heterocycles. The van der Waals surface area contributed by atoms with Crippen LogP contribution >= 0.6 is 23.2 Å². The van der Waals surface area contributed by atoms with Gasteiger partial charge in [0.05, 0.1) is 28.9 Å². The number of carbonyl (C=O) groups excluding carboxylic acids is 1. The summed E-state index contributed by atoms with van der Waals surface area (Å²) in [5.74, 6) is 0.655. The molecule has 4 nitrogen and oxygen atoms in total. The molecule has 0 unspecified atom stereocenters. The normalized spacial score (nSPS) is 10.7. The van der Waals surface area contributed by atoms with Crippen LogP contribution in [0.4, 0.5) is 5.69 Å². The number of likely N-dealkylation sites (N-methyl/N-ethyl adjacent to an activating group) is 1. The quantitative estimate of drug-likeness (QED) is 0.786. The van der Waals surface area contributed by atoms with Crippen molar-refractivity contribution in [3.05, 3.63) is 58.1 Å². The number of anilines is 1. The van der Waals surface area contributed by atoms with Gasteiger partial charge in [-0.25, -0.2) is 0 Å². The Labute approximate surface area is 152 Å². The van der Waals surface area contributed by atoms with Crippen LogP contribution in [0, 0.1) is 0 Å². The molecule has 2 rings (SSSR count). The summed E-state index contributed by atoms with van der Waals surface area (Å²) in [6, 6.07) is 12.9. The molecule has 1 N–H and O–H groups in total.